The molecule has 134 valence electrons. The summed E-state index contributed by atoms with van der Waals surface area (Å²) in [5.41, 5.74) is 1.46. The molecule has 25 heavy (non-hydrogen) atoms. The Bertz CT molecular complexity index is 745. The zero-order valence-electron chi connectivity index (χ0n) is 14.6. The zero-order chi connectivity index (χ0) is 17.0. The summed E-state index contributed by atoms with van der Waals surface area (Å²) in [5, 5.41) is 7.49. The van der Waals surface area contributed by atoms with Crippen LogP contribution in [0.15, 0.2) is 11.6 Å². The van der Waals surface area contributed by atoms with Gasteiger partial charge in [0.2, 0.25) is 5.91 Å². The van der Waals surface area contributed by atoms with Crippen molar-refractivity contribution in [3.63, 3.8) is 0 Å². The number of nitrogens with one attached hydrogen (secondary N) is 1. The molecule has 1 N–H and O–H groups in total. The van der Waals surface area contributed by atoms with E-state index in [1.807, 2.05) is 11.0 Å². The molecule has 0 aromatic carbocycles. The SMILES string of the molecule is O=C(C=C(C1CC1)C1CC1)N1CCC(c2n[nH]c(=S)n2C2CC2)CC1. The van der Waals surface area contributed by atoms with Crippen molar-refractivity contribution in [3.05, 3.63) is 22.2 Å². The van der Waals surface area contributed by atoms with Crippen molar-refractivity contribution in [1.82, 2.24) is 19.7 Å². The van der Waals surface area contributed by atoms with Gasteiger partial charge >= 0.3 is 0 Å². The van der Waals surface area contributed by atoms with Crippen molar-refractivity contribution in [2.24, 2.45) is 11.8 Å². The fourth-order valence-corrected chi connectivity index (χ4v) is 4.57. The first kappa shape index (κ1) is 15.8. The minimum Gasteiger partial charge on any atom is -0.339 e. The van der Waals surface area contributed by atoms with Crippen LogP contribution in [0, 0.1) is 16.6 Å². The van der Waals surface area contributed by atoms with Gasteiger partial charge < -0.3 is 9.47 Å². The maximum atomic E-state index is 12.7. The first-order valence-corrected chi connectivity index (χ1v) is 10.3. The highest BCUT2D eigenvalue weighted by atomic mass is 32.1. The molecule has 0 atom stereocenters. The molecular formula is C19H26N4OS. The van der Waals surface area contributed by atoms with E-state index in [2.05, 4.69) is 14.8 Å². The summed E-state index contributed by atoms with van der Waals surface area (Å²) in [6.45, 7) is 1.68. The summed E-state index contributed by atoms with van der Waals surface area (Å²) in [6, 6.07) is 0.559. The summed E-state index contributed by atoms with van der Waals surface area (Å²) in [7, 11) is 0. The predicted octanol–water partition coefficient (Wildman–Crippen LogP) is 3.73. The van der Waals surface area contributed by atoms with Crippen molar-refractivity contribution in [2.75, 3.05) is 13.1 Å². The van der Waals surface area contributed by atoms with E-state index in [9.17, 15) is 4.79 Å². The number of likely N-dealkylation sites (tertiary alicyclic amines) is 1. The lowest BCUT2D eigenvalue weighted by atomic mass is 9.95. The van der Waals surface area contributed by atoms with Gasteiger partial charge in [-0.1, -0.05) is 5.57 Å². The number of rotatable bonds is 5. The standard InChI is InChI=1S/C19H26N4OS/c24-17(11-16(12-1-2-12)13-3-4-13)22-9-7-14(8-10-22)18-20-21-19(25)23(18)15-5-6-15/h11-15H,1-10H2,(H,21,25). The number of hydrogen-bond acceptors (Lipinski definition) is 3. The Hall–Kier alpha value is -1.43. The lowest BCUT2D eigenvalue weighted by Gasteiger charge is -2.31. The van der Waals surface area contributed by atoms with Crippen molar-refractivity contribution in [3.8, 4) is 0 Å². The minimum absolute atomic E-state index is 0.244. The Morgan fingerprint density at radius 2 is 1.68 bits per heavy atom. The second-order valence-electron chi connectivity index (χ2n) is 8.28. The number of hydrogen-bond donors (Lipinski definition) is 1. The number of carbonyl (C=O) groups is 1. The Kier molecular flexibility index (Phi) is 3.84. The van der Waals surface area contributed by atoms with Gasteiger partial charge in [-0.3, -0.25) is 9.89 Å². The summed E-state index contributed by atoms with van der Waals surface area (Å²) >= 11 is 5.40. The second-order valence-corrected chi connectivity index (χ2v) is 8.67. The Balaban J connectivity index is 1.25. The molecule has 5 rings (SSSR count). The molecule has 1 aliphatic heterocycles. The highest BCUT2D eigenvalue weighted by Crippen LogP contribution is 2.48. The van der Waals surface area contributed by atoms with Crippen LogP contribution in [-0.4, -0.2) is 38.7 Å². The molecule has 1 aromatic heterocycles. The van der Waals surface area contributed by atoms with Gasteiger partial charge in [0.05, 0.1) is 0 Å². The fraction of sp³-hybridized carbons (Fsp3) is 0.737. The van der Waals surface area contributed by atoms with Crippen LogP contribution >= 0.6 is 12.2 Å². The third kappa shape index (κ3) is 3.21. The van der Waals surface area contributed by atoms with Crippen molar-refractivity contribution < 1.29 is 4.79 Å². The molecule has 3 aliphatic carbocycles. The molecule has 0 unspecified atom stereocenters. The van der Waals surface area contributed by atoms with Gasteiger partial charge in [-0.2, -0.15) is 5.10 Å². The first-order chi connectivity index (χ1) is 12.2. The second kappa shape index (κ2) is 6.08. The average Bonchev–Trinajstić information content (AvgIpc) is 3.46. The molecule has 0 spiro atoms. The van der Waals surface area contributed by atoms with E-state index < -0.39 is 0 Å². The minimum atomic E-state index is 0.244. The molecule has 4 fully saturated rings. The monoisotopic (exact) mass is 358 g/mol. The maximum absolute atomic E-state index is 12.7. The molecule has 4 aliphatic rings. The highest BCUT2D eigenvalue weighted by molar-refractivity contribution is 7.71. The third-order valence-corrected chi connectivity index (χ3v) is 6.49. The molecule has 3 saturated carbocycles. The van der Waals surface area contributed by atoms with Crippen LogP contribution < -0.4 is 0 Å². The van der Waals surface area contributed by atoms with Crippen LogP contribution in [0.2, 0.25) is 0 Å². The van der Waals surface area contributed by atoms with Gasteiger partial charge in [0.1, 0.15) is 5.82 Å². The lowest BCUT2D eigenvalue weighted by Crippen LogP contribution is -2.37. The molecular weight excluding hydrogens is 332 g/mol. The fourth-order valence-electron chi connectivity index (χ4n) is 4.28. The normalized spacial score (nSPS) is 24.4. The van der Waals surface area contributed by atoms with Crippen LogP contribution in [0.3, 0.4) is 0 Å². The van der Waals surface area contributed by atoms with Crippen molar-refractivity contribution in [1.29, 1.82) is 0 Å². The number of H-pyrrole nitrogens is 1. The van der Waals surface area contributed by atoms with E-state index in [0.717, 1.165) is 48.4 Å². The molecule has 1 saturated heterocycles. The van der Waals surface area contributed by atoms with Crippen LogP contribution in [0.25, 0.3) is 0 Å². The number of aromatic amines is 1. The highest BCUT2D eigenvalue weighted by Gasteiger charge is 2.37. The van der Waals surface area contributed by atoms with Gasteiger partial charge in [-0.15, -0.1) is 0 Å². The Morgan fingerprint density at radius 1 is 1.04 bits per heavy atom. The molecule has 1 aromatic rings. The zero-order valence-corrected chi connectivity index (χ0v) is 15.4. The van der Waals surface area contributed by atoms with E-state index in [1.165, 1.54) is 44.1 Å². The van der Waals surface area contributed by atoms with Crippen LogP contribution in [-0.2, 0) is 4.79 Å². The first-order valence-electron chi connectivity index (χ1n) is 9.88. The number of amides is 1. The summed E-state index contributed by atoms with van der Waals surface area (Å²) in [6.07, 6.45) is 11.6. The van der Waals surface area contributed by atoms with Gasteiger partial charge in [0.15, 0.2) is 4.77 Å². The number of allylic oxidation sites excluding steroid dienone is 1. The van der Waals surface area contributed by atoms with E-state index in [1.54, 1.807) is 0 Å². The molecule has 6 heteroatoms. The van der Waals surface area contributed by atoms with E-state index in [0.29, 0.717) is 12.0 Å². The Morgan fingerprint density at radius 3 is 2.24 bits per heavy atom. The number of nitrogens with zero attached hydrogens (tertiary/aromatic N) is 3. The molecule has 2 heterocycles. The quantitative estimate of drug-likeness (QED) is 0.644. The topological polar surface area (TPSA) is 53.9 Å². The van der Waals surface area contributed by atoms with Crippen LogP contribution in [0.5, 0.6) is 0 Å². The van der Waals surface area contributed by atoms with E-state index >= 15 is 0 Å². The maximum Gasteiger partial charge on any atom is 0.246 e. The number of piperidine rings is 1. The number of aromatic nitrogens is 3. The summed E-state index contributed by atoms with van der Waals surface area (Å²) in [4.78, 5) is 14.8. The van der Waals surface area contributed by atoms with Gasteiger partial charge in [0, 0.05) is 31.1 Å². The van der Waals surface area contributed by atoms with Gasteiger partial charge in [0.25, 0.3) is 0 Å². The average molecular weight is 359 g/mol. The lowest BCUT2D eigenvalue weighted by molar-refractivity contribution is -0.127. The summed E-state index contributed by atoms with van der Waals surface area (Å²) < 4.78 is 2.99. The van der Waals surface area contributed by atoms with Gasteiger partial charge in [-0.05, 0) is 75.4 Å². The van der Waals surface area contributed by atoms with Gasteiger partial charge in [-0.25, -0.2) is 0 Å². The van der Waals surface area contributed by atoms with Crippen LogP contribution in [0.4, 0.5) is 0 Å². The molecule has 0 radical (unpaired) electrons. The van der Waals surface area contributed by atoms with Crippen LogP contribution in [0.1, 0.15) is 69.2 Å². The van der Waals surface area contributed by atoms with Crippen molar-refractivity contribution in [2.45, 2.75) is 63.3 Å². The predicted molar refractivity (Wildman–Crippen MR) is 97.8 cm³/mol. The summed E-state index contributed by atoms with van der Waals surface area (Å²) in [5.74, 6) is 3.23. The smallest absolute Gasteiger partial charge is 0.246 e. The number of carbonyl (C=O) groups excluding carboxylic acids is 1. The van der Waals surface area contributed by atoms with E-state index in [4.69, 9.17) is 12.2 Å². The Labute approximate surface area is 153 Å². The van der Waals surface area contributed by atoms with E-state index in [-0.39, 0.29) is 5.91 Å². The third-order valence-electron chi connectivity index (χ3n) is 6.20. The van der Waals surface area contributed by atoms with Crippen molar-refractivity contribution >= 4 is 18.1 Å². The molecule has 5 nitrogen and oxygen atoms in total. The largest absolute Gasteiger partial charge is 0.339 e. The molecule has 0 bridgehead atoms. The molecule has 1 amide bonds.